The number of benzene rings is 1. The van der Waals surface area contributed by atoms with E-state index >= 15 is 0 Å². The molecule has 1 heterocycles. The molecule has 3 N–H and O–H groups in total. The number of hydrogen-bond acceptors (Lipinski definition) is 3. The number of urea groups is 1. The number of nitrogens with zero attached hydrogens (tertiary/aromatic N) is 2. The minimum Gasteiger partial charge on any atom is -0.383 e. The number of hydrogen-bond donors (Lipinski definition) is 3. The van der Waals surface area contributed by atoms with Crippen molar-refractivity contribution < 1.29 is 9.90 Å². The molecule has 0 aliphatic heterocycles. The van der Waals surface area contributed by atoms with Gasteiger partial charge in [0, 0.05) is 25.4 Å². The van der Waals surface area contributed by atoms with Crippen molar-refractivity contribution >= 4 is 6.03 Å². The van der Waals surface area contributed by atoms with E-state index in [9.17, 15) is 9.90 Å². The average molecular weight is 316 g/mol. The van der Waals surface area contributed by atoms with Crippen LogP contribution < -0.4 is 10.6 Å². The first-order valence-corrected chi connectivity index (χ1v) is 7.74. The molecule has 6 heteroatoms. The Balaban J connectivity index is 1.67. The van der Waals surface area contributed by atoms with Gasteiger partial charge in [-0.25, -0.2) is 4.79 Å². The quantitative estimate of drug-likeness (QED) is 0.678. The molecule has 2 aromatic rings. The molecule has 0 aliphatic carbocycles. The predicted octanol–water partition coefficient (Wildman–Crippen LogP) is 1.56. The van der Waals surface area contributed by atoms with Gasteiger partial charge in [0.1, 0.15) is 5.60 Å². The van der Waals surface area contributed by atoms with Crippen LogP contribution in [0.25, 0.3) is 0 Å². The molecule has 23 heavy (non-hydrogen) atoms. The topological polar surface area (TPSA) is 79.2 Å². The Morgan fingerprint density at radius 1 is 1.30 bits per heavy atom. The summed E-state index contributed by atoms with van der Waals surface area (Å²) in [6.07, 6.45) is 5.13. The number of aliphatic hydroxyl groups is 1. The van der Waals surface area contributed by atoms with E-state index in [0.29, 0.717) is 12.1 Å². The highest BCUT2D eigenvalue weighted by Gasteiger charge is 2.25. The summed E-state index contributed by atoms with van der Waals surface area (Å²) in [5.74, 6) is 0. The zero-order valence-electron chi connectivity index (χ0n) is 13.6. The van der Waals surface area contributed by atoms with Crippen LogP contribution >= 0.6 is 0 Å². The van der Waals surface area contributed by atoms with E-state index in [1.54, 1.807) is 31.0 Å². The molecule has 1 atom stereocenters. The molecule has 0 saturated carbocycles. The molecule has 1 aromatic carbocycles. The molecule has 124 valence electrons. The third-order valence-corrected chi connectivity index (χ3v) is 3.69. The van der Waals surface area contributed by atoms with Crippen molar-refractivity contribution in [3.05, 3.63) is 53.9 Å². The first kappa shape index (κ1) is 17.0. The Hall–Kier alpha value is -2.34. The Morgan fingerprint density at radius 2 is 2.04 bits per heavy atom. The third-order valence-electron chi connectivity index (χ3n) is 3.69. The van der Waals surface area contributed by atoms with Gasteiger partial charge < -0.3 is 15.7 Å². The van der Waals surface area contributed by atoms with Crippen LogP contribution in [0.15, 0.2) is 42.7 Å². The van der Waals surface area contributed by atoms with Crippen molar-refractivity contribution in [3.8, 4) is 0 Å². The van der Waals surface area contributed by atoms with E-state index in [4.69, 9.17) is 0 Å². The fourth-order valence-electron chi connectivity index (χ4n) is 2.26. The lowest BCUT2D eigenvalue weighted by Crippen LogP contribution is -2.43. The van der Waals surface area contributed by atoms with E-state index in [2.05, 4.69) is 27.9 Å². The van der Waals surface area contributed by atoms with Crippen LogP contribution in [0, 0.1) is 0 Å². The Bertz CT molecular complexity index is 623. The number of aryl methyl sites for hydroxylation is 2. The SMILES string of the molecule is Cn1cc(C(C)(O)CNC(=O)NCCCc2ccccc2)cn1. The van der Waals surface area contributed by atoms with Gasteiger partial charge in [0.05, 0.1) is 12.7 Å². The number of nitrogens with one attached hydrogen (secondary N) is 2. The Kier molecular flexibility index (Phi) is 5.76. The molecule has 0 radical (unpaired) electrons. The standard InChI is InChI=1S/C17H24N4O2/c1-17(23,15-11-20-21(2)12-15)13-19-16(22)18-10-6-9-14-7-4-3-5-8-14/h3-5,7-8,11-12,23H,6,9-10,13H2,1-2H3,(H2,18,19,22). The lowest BCUT2D eigenvalue weighted by Gasteiger charge is -2.22. The van der Waals surface area contributed by atoms with Gasteiger partial charge in [0.2, 0.25) is 0 Å². The van der Waals surface area contributed by atoms with Crippen LogP contribution in [0.1, 0.15) is 24.5 Å². The highest BCUT2D eigenvalue weighted by atomic mass is 16.3. The second kappa shape index (κ2) is 7.78. The predicted molar refractivity (Wildman–Crippen MR) is 88.9 cm³/mol. The summed E-state index contributed by atoms with van der Waals surface area (Å²) in [5.41, 5.74) is 0.786. The molecule has 0 fully saturated rings. The number of carbonyl (C=O) groups is 1. The molecule has 1 unspecified atom stereocenters. The fraction of sp³-hybridized carbons (Fsp3) is 0.412. The van der Waals surface area contributed by atoms with Crippen molar-refractivity contribution in [3.63, 3.8) is 0 Å². The minimum absolute atomic E-state index is 0.128. The third kappa shape index (κ3) is 5.41. The van der Waals surface area contributed by atoms with E-state index in [1.165, 1.54) is 5.56 Å². The van der Waals surface area contributed by atoms with Gasteiger partial charge >= 0.3 is 6.03 Å². The number of amides is 2. The zero-order valence-corrected chi connectivity index (χ0v) is 13.6. The molecule has 0 bridgehead atoms. The van der Waals surface area contributed by atoms with Gasteiger partial charge in [-0.1, -0.05) is 30.3 Å². The first-order chi connectivity index (χ1) is 11.0. The monoisotopic (exact) mass is 316 g/mol. The second-order valence-corrected chi connectivity index (χ2v) is 5.88. The van der Waals surface area contributed by atoms with Gasteiger partial charge in [-0.2, -0.15) is 5.10 Å². The highest BCUT2D eigenvalue weighted by molar-refractivity contribution is 5.73. The van der Waals surface area contributed by atoms with Crippen LogP contribution in [-0.2, 0) is 19.1 Å². The zero-order chi connectivity index (χ0) is 16.7. The summed E-state index contributed by atoms with van der Waals surface area (Å²) in [4.78, 5) is 11.8. The van der Waals surface area contributed by atoms with Crippen LogP contribution in [-0.4, -0.2) is 34.0 Å². The summed E-state index contributed by atoms with van der Waals surface area (Å²) in [7, 11) is 1.78. The normalized spacial score (nSPS) is 13.3. The molecule has 6 nitrogen and oxygen atoms in total. The Morgan fingerprint density at radius 3 is 2.70 bits per heavy atom. The molecule has 0 aliphatic rings. The van der Waals surface area contributed by atoms with E-state index < -0.39 is 5.60 Å². The number of rotatable bonds is 7. The summed E-state index contributed by atoms with van der Waals surface area (Å²) in [6.45, 7) is 2.37. The van der Waals surface area contributed by atoms with Crippen molar-refractivity contribution in [1.29, 1.82) is 0 Å². The van der Waals surface area contributed by atoms with Crippen LogP contribution in [0.4, 0.5) is 4.79 Å². The largest absolute Gasteiger partial charge is 0.383 e. The molecule has 0 saturated heterocycles. The average Bonchev–Trinajstić information content (AvgIpc) is 2.98. The maximum Gasteiger partial charge on any atom is 0.314 e. The number of carbonyl (C=O) groups excluding carboxylic acids is 1. The molecular formula is C17H24N4O2. The van der Waals surface area contributed by atoms with Crippen molar-refractivity contribution in [2.24, 2.45) is 7.05 Å². The molecule has 2 amide bonds. The maximum atomic E-state index is 11.8. The summed E-state index contributed by atoms with van der Waals surface area (Å²) >= 11 is 0. The van der Waals surface area contributed by atoms with Gasteiger partial charge in [-0.05, 0) is 25.3 Å². The van der Waals surface area contributed by atoms with Gasteiger partial charge in [0.25, 0.3) is 0 Å². The summed E-state index contributed by atoms with van der Waals surface area (Å²) in [5, 5.41) is 19.9. The van der Waals surface area contributed by atoms with Crippen molar-refractivity contribution in [1.82, 2.24) is 20.4 Å². The Labute approximate surface area is 136 Å². The van der Waals surface area contributed by atoms with Gasteiger partial charge in [-0.3, -0.25) is 4.68 Å². The van der Waals surface area contributed by atoms with E-state index in [1.807, 2.05) is 18.2 Å². The van der Waals surface area contributed by atoms with E-state index in [-0.39, 0.29) is 12.6 Å². The van der Waals surface area contributed by atoms with Crippen LogP contribution in [0.3, 0.4) is 0 Å². The van der Waals surface area contributed by atoms with E-state index in [0.717, 1.165) is 12.8 Å². The first-order valence-electron chi connectivity index (χ1n) is 7.74. The minimum atomic E-state index is -1.14. The van der Waals surface area contributed by atoms with Crippen LogP contribution in [0.2, 0.25) is 0 Å². The molecular weight excluding hydrogens is 292 g/mol. The second-order valence-electron chi connectivity index (χ2n) is 5.88. The van der Waals surface area contributed by atoms with Crippen molar-refractivity contribution in [2.75, 3.05) is 13.1 Å². The van der Waals surface area contributed by atoms with Gasteiger partial charge in [0.15, 0.2) is 0 Å². The summed E-state index contributed by atoms with van der Waals surface area (Å²) < 4.78 is 1.62. The maximum absolute atomic E-state index is 11.8. The highest BCUT2D eigenvalue weighted by Crippen LogP contribution is 2.18. The fourth-order valence-corrected chi connectivity index (χ4v) is 2.26. The number of aromatic nitrogens is 2. The van der Waals surface area contributed by atoms with Gasteiger partial charge in [-0.15, -0.1) is 0 Å². The molecule has 2 rings (SSSR count). The molecule has 0 spiro atoms. The smallest absolute Gasteiger partial charge is 0.314 e. The summed E-state index contributed by atoms with van der Waals surface area (Å²) in [6, 6.07) is 9.88. The lowest BCUT2D eigenvalue weighted by molar-refractivity contribution is 0.0593. The lowest BCUT2D eigenvalue weighted by atomic mass is 10.00. The van der Waals surface area contributed by atoms with Crippen molar-refractivity contribution in [2.45, 2.75) is 25.4 Å². The molecule has 1 aromatic heterocycles. The van der Waals surface area contributed by atoms with Crippen LogP contribution in [0.5, 0.6) is 0 Å².